The maximum atomic E-state index is 11.9. The summed E-state index contributed by atoms with van der Waals surface area (Å²) in [6.45, 7) is 2.90. The third-order valence-electron chi connectivity index (χ3n) is 4.59. The molecule has 0 aromatic heterocycles. The second-order valence-electron chi connectivity index (χ2n) is 6.18. The molecule has 2 unspecified atom stereocenters. The van der Waals surface area contributed by atoms with Crippen LogP contribution in [0, 0.1) is 0 Å². The first-order chi connectivity index (χ1) is 10.1. The number of rotatable bonds is 2. The Hall–Kier alpha value is -0.910. The van der Waals surface area contributed by atoms with Crippen LogP contribution in [0.2, 0.25) is 0 Å². The third-order valence-corrected chi connectivity index (χ3v) is 6.39. The third kappa shape index (κ3) is 3.84. The molecule has 2 saturated heterocycles. The molecule has 2 aliphatic rings. The predicted octanol–water partition coefficient (Wildman–Crippen LogP) is 1.60. The highest BCUT2D eigenvalue weighted by Gasteiger charge is 2.31. The molecule has 0 spiro atoms. The maximum absolute atomic E-state index is 11.9. The molecule has 0 amide bonds. The second kappa shape index (κ2) is 6.46. The smallest absolute Gasteiger partial charge is 0.151 e. The van der Waals surface area contributed by atoms with E-state index in [1.54, 1.807) is 0 Å². The van der Waals surface area contributed by atoms with Crippen LogP contribution in [0.4, 0.5) is 0 Å². The zero-order valence-corrected chi connectivity index (χ0v) is 13.2. The van der Waals surface area contributed by atoms with Crippen LogP contribution >= 0.6 is 0 Å². The molecular formula is C16H24N2O2S. The maximum Gasteiger partial charge on any atom is 0.151 e. The van der Waals surface area contributed by atoms with Crippen molar-refractivity contribution in [3.8, 4) is 0 Å². The molecule has 4 nitrogen and oxygen atoms in total. The predicted molar refractivity (Wildman–Crippen MR) is 85.1 cm³/mol. The van der Waals surface area contributed by atoms with Crippen molar-refractivity contribution in [1.29, 1.82) is 0 Å². The molecule has 116 valence electrons. The minimum atomic E-state index is -2.84. The number of nitrogens with one attached hydrogen (secondary N) is 1. The zero-order valence-electron chi connectivity index (χ0n) is 12.4. The Morgan fingerprint density at radius 1 is 1.14 bits per heavy atom. The summed E-state index contributed by atoms with van der Waals surface area (Å²) < 4.78 is 23.8. The van der Waals surface area contributed by atoms with E-state index in [9.17, 15) is 8.42 Å². The summed E-state index contributed by atoms with van der Waals surface area (Å²) in [4.78, 5) is 2.40. The lowest BCUT2D eigenvalue weighted by Crippen LogP contribution is -2.45. The van der Waals surface area contributed by atoms with Gasteiger partial charge >= 0.3 is 0 Å². The summed E-state index contributed by atoms with van der Waals surface area (Å²) >= 11 is 0. The van der Waals surface area contributed by atoms with E-state index in [2.05, 4.69) is 34.5 Å². The van der Waals surface area contributed by atoms with Crippen LogP contribution in [0.15, 0.2) is 30.3 Å². The van der Waals surface area contributed by atoms with Crippen LogP contribution in [0.25, 0.3) is 0 Å². The van der Waals surface area contributed by atoms with Gasteiger partial charge in [-0.1, -0.05) is 30.3 Å². The molecule has 2 atom stereocenters. The number of hydrogen-bond donors (Lipinski definition) is 1. The molecule has 21 heavy (non-hydrogen) atoms. The molecule has 2 heterocycles. The van der Waals surface area contributed by atoms with Gasteiger partial charge in [0.25, 0.3) is 0 Å². The van der Waals surface area contributed by atoms with Crippen molar-refractivity contribution in [1.82, 2.24) is 10.2 Å². The van der Waals surface area contributed by atoms with Gasteiger partial charge in [-0.05, 0) is 37.9 Å². The molecular weight excluding hydrogens is 284 g/mol. The SMILES string of the molecule is O=S1(=O)CCCC(N2CCCNC(c3ccccc3)C2)C1. The molecule has 0 bridgehead atoms. The van der Waals surface area contributed by atoms with Gasteiger partial charge in [0.05, 0.1) is 11.5 Å². The molecule has 0 radical (unpaired) electrons. The highest BCUT2D eigenvalue weighted by Crippen LogP contribution is 2.23. The Bertz CT molecular complexity index is 559. The van der Waals surface area contributed by atoms with Gasteiger partial charge < -0.3 is 5.32 Å². The van der Waals surface area contributed by atoms with E-state index >= 15 is 0 Å². The van der Waals surface area contributed by atoms with Gasteiger partial charge in [-0.15, -0.1) is 0 Å². The van der Waals surface area contributed by atoms with Crippen molar-refractivity contribution >= 4 is 9.84 Å². The topological polar surface area (TPSA) is 49.4 Å². The minimum Gasteiger partial charge on any atom is -0.309 e. The van der Waals surface area contributed by atoms with E-state index in [1.807, 2.05) is 6.07 Å². The van der Waals surface area contributed by atoms with Gasteiger partial charge in [0.2, 0.25) is 0 Å². The summed E-state index contributed by atoms with van der Waals surface area (Å²) in [5.41, 5.74) is 1.29. The fourth-order valence-corrected chi connectivity index (χ4v) is 5.21. The Balaban J connectivity index is 1.73. The first-order valence-corrected chi connectivity index (χ1v) is 9.69. The van der Waals surface area contributed by atoms with Crippen LogP contribution < -0.4 is 5.32 Å². The van der Waals surface area contributed by atoms with Crippen molar-refractivity contribution in [3.63, 3.8) is 0 Å². The highest BCUT2D eigenvalue weighted by molar-refractivity contribution is 7.91. The molecule has 1 aromatic carbocycles. The van der Waals surface area contributed by atoms with E-state index in [0.29, 0.717) is 17.5 Å². The number of hydrogen-bond acceptors (Lipinski definition) is 4. The van der Waals surface area contributed by atoms with E-state index in [1.165, 1.54) is 5.56 Å². The second-order valence-corrected chi connectivity index (χ2v) is 8.41. The van der Waals surface area contributed by atoms with Gasteiger partial charge in [-0.3, -0.25) is 4.90 Å². The van der Waals surface area contributed by atoms with Gasteiger partial charge in [-0.2, -0.15) is 0 Å². The normalized spacial score (nSPS) is 30.7. The Kier molecular flexibility index (Phi) is 4.62. The summed E-state index contributed by atoms with van der Waals surface area (Å²) in [6.07, 6.45) is 2.91. The van der Waals surface area contributed by atoms with Gasteiger partial charge in [0, 0.05) is 18.6 Å². The van der Waals surface area contributed by atoms with Crippen LogP contribution in [-0.4, -0.2) is 50.5 Å². The lowest BCUT2D eigenvalue weighted by Gasteiger charge is -2.34. The van der Waals surface area contributed by atoms with E-state index in [4.69, 9.17) is 0 Å². The fourth-order valence-electron chi connectivity index (χ4n) is 3.48. The van der Waals surface area contributed by atoms with Gasteiger partial charge in [0.1, 0.15) is 0 Å². The summed E-state index contributed by atoms with van der Waals surface area (Å²) in [7, 11) is -2.84. The van der Waals surface area contributed by atoms with Gasteiger partial charge in [-0.25, -0.2) is 8.42 Å². The summed E-state index contributed by atoms with van der Waals surface area (Å²) in [6, 6.07) is 11.0. The highest BCUT2D eigenvalue weighted by atomic mass is 32.2. The molecule has 0 aliphatic carbocycles. The molecule has 0 saturated carbocycles. The van der Waals surface area contributed by atoms with Crippen LogP contribution in [0.1, 0.15) is 30.9 Å². The lowest BCUT2D eigenvalue weighted by atomic mass is 10.1. The Labute approximate surface area is 127 Å². The largest absolute Gasteiger partial charge is 0.309 e. The monoisotopic (exact) mass is 308 g/mol. The van der Waals surface area contributed by atoms with Crippen molar-refractivity contribution in [2.24, 2.45) is 0 Å². The first kappa shape index (κ1) is 15.0. The summed E-state index contributed by atoms with van der Waals surface area (Å²) in [5.74, 6) is 0.714. The molecule has 3 rings (SSSR count). The first-order valence-electron chi connectivity index (χ1n) is 7.87. The van der Waals surface area contributed by atoms with Crippen LogP contribution in [0.5, 0.6) is 0 Å². The fraction of sp³-hybridized carbons (Fsp3) is 0.625. The molecule has 2 aliphatic heterocycles. The number of nitrogens with zero attached hydrogens (tertiary/aromatic N) is 1. The molecule has 1 aromatic rings. The Morgan fingerprint density at radius 3 is 2.71 bits per heavy atom. The average Bonchev–Trinajstić information content (AvgIpc) is 2.73. The van der Waals surface area contributed by atoms with E-state index < -0.39 is 9.84 Å². The standard InChI is InChI=1S/C16H24N2O2S/c19-21(20)11-4-8-15(13-21)18-10-5-9-17-16(12-18)14-6-2-1-3-7-14/h1-3,6-7,15-17H,4-5,8-13H2. The Morgan fingerprint density at radius 2 is 1.95 bits per heavy atom. The van der Waals surface area contributed by atoms with Crippen molar-refractivity contribution in [3.05, 3.63) is 35.9 Å². The van der Waals surface area contributed by atoms with E-state index in [0.717, 1.165) is 38.9 Å². The minimum absolute atomic E-state index is 0.204. The number of sulfone groups is 1. The van der Waals surface area contributed by atoms with Crippen LogP contribution in [0.3, 0.4) is 0 Å². The molecule has 1 N–H and O–H groups in total. The van der Waals surface area contributed by atoms with Crippen molar-refractivity contribution < 1.29 is 8.42 Å². The zero-order chi connectivity index (χ0) is 14.7. The van der Waals surface area contributed by atoms with Crippen LogP contribution in [-0.2, 0) is 9.84 Å². The van der Waals surface area contributed by atoms with Gasteiger partial charge in [0.15, 0.2) is 9.84 Å². The molecule has 5 heteroatoms. The lowest BCUT2D eigenvalue weighted by molar-refractivity contribution is 0.194. The average molecular weight is 308 g/mol. The van der Waals surface area contributed by atoms with E-state index in [-0.39, 0.29) is 6.04 Å². The number of benzene rings is 1. The van der Waals surface area contributed by atoms with Crippen molar-refractivity contribution in [2.45, 2.75) is 31.3 Å². The molecule has 2 fully saturated rings. The summed E-state index contributed by atoms with van der Waals surface area (Å²) in [5, 5.41) is 3.60. The quantitative estimate of drug-likeness (QED) is 0.901. The van der Waals surface area contributed by atoms with Crippen molar-refractivity contribution in [2.75, 3.05) is 31.1 Å².